The monoisotopic (exact) mass is 276 g/mol. The van der Waals surface area contributed by atoms with E-state index in [1.807, 2.05) is 17.8 Å². The van der Waals surface area contributed by atoms with Crippen LogP contribution in [-0.2, 0) is 4.12 Å². The molecule has 17 heavy (non-hydrogen) atoms. The lowest BCUT2D eigenvalue weighted by atomic mass is 10.4. The van der Waals surface area contributed by atoms with Crippen molar-refractivity contribution in [3.05, 3.63) is 54.6 Å². The molecule has 2 aromatic carbocycles. The normalized spacial score (nSPS) is 12.5. The van der Waals surface area contributed by atoms with E-state index < -0.39 is 9.04 Å². The highest BCUT2D eigenvalue weighted by Crippen LogP contribution is 2.26. The Kier molecular flexibility index (Phi) is 4.61. The number of hydrogen-bond acceptors (Lipinski definition) is 2. The van der Waals surface area contributed by atoms with E-state index >= 15 is 0 Å². The zero-order valence-electron chi connectivity index (χ0n) is 10.1. The Labute approximate surface area is 111 Å². The van der Waals surface area contributed by atoms with Crippen LogP contribution in [0.1, 0.15) is 0 Å². The molecule has 4 heteroatoms. The Balaban J connectivity index is 2.27. The molecule has 0 saturated heterocycles. The van der Waals surface area contributed by atoms with E-state index in [1.54, 1.807) is 0 Å². The van der Waals surface area contributed by atoms with Gasteiger partial charge in [-0.1, -0.05) is 48.2 Å². The summed E-state index contributed by atoms with van der Waals surface area (Å²) in [6.07, 6.45) is 0. The predicted molar refractivity (Wildman–Crippen MR) is 80.7 cm³/mol. The first-order valence-electron chi connectivity index (χ1n) is 5.66. The molecule has 88 valence electrons. The van der Waals surface area contributed by atoms with Crippen LogP contribution in [0.5, 0.6) is 0 Å². The van der Waals surface area contributed by atoms with Gasteiger partial charge in [0.2, 0.25) is 0 Å². The third-order valence-corrected chi connectivity index (χ3v) is 8.20. The average molecular weight is 277 g/mol. The maximum absolute atomic E-state index is 5.68. The van der Waals surface area contributed by atoms with Gasteiger partial charge < -0.3 is 4.12 Å². The molecule has 0 heterocycles. The highest BCUT2D eigenvalue weighted by atomic mass is 32.2. The molecule has 0 aromatic heterocycles. The highest BCUT2D eigenvalue weighted by molar-refractivity contribution is 7.99. The van der Waals surface area contributed by atoms with Crippen LogP contribution in [0.3, 0.4) is 0 Å². The molecule has 0 saturated carbocycles. The number of hydrogen-bond donors (Lipinski definition) is 0. The van der Waals surface area contributed by atoms with Crippen LogP contribution in [0.4, 0.5) is 0 Å². The summed E-state index contributed by atoms with van der Waals surface area (Å²) >= 11 is 1.83. The van der Waals surface area contributed by atoms with Crippen molar-refractivity contribution in [3.63, 3.8) is 0 Å². The van der Waals surface area contributed by atoms with Gasteiger partial charge >= 0.3 is 0 Å². The molecular weight excluding hydrogens is 260 g/mol. The van der Waals surface area contributed by atoms with Gasteiger partial charge in [0.15, 0.2) is 9.04 Å². The lowest BCUT2D eigenvalue weighted by Crippen LogP contribution is -2.30. The first-order chi connectivity index (χ1) is 8.31. The summed E-state index contributed by atoms with van der Waals surface area (Å²) in [5, 5.41) is 1.41. The summed E-state index contributed by atoms with van der Waals surface area (Å²) < 4.78 is 5.68. The molecule has 0 amide bonds. The molecular formula is C13H16OSSi2. The van der Waals surface area contributed by atoms with Crippen molar-refractivity contribution >= 4 is 36.5 Å². The van der Waals surface area contributed by atoms with Gasteiger partial charge in [-0.25, -0.2) is 0 Å². The zero-order valence-corrected chi connectivity index (χ0v) is 14.1. The molecule has 0 N–H and O–H groups in total. The summed E-state index contributed by atoms with van der Waals surface area (Å²) in [6, 6.07) is 19.1. The molecule has 0 aliphatic heterocycles. The second-order valence-corrected chi connectivity index (χ2v) is 8.74. The molecule has 2 aromatic rings. The molecule has 1 nitrogen and oxygen atoms in total. The maximum Gasteiger partial charge on any atom is 0.192 e. The summed E-state index contributed by atoms with van der Waals surface area (Å²) in [5.41, 5.74) is 0. The molecule has 0 aliphatic carbocycles. The molecule has 0 aliphatic rings. The van der Waals surface area contributed by atoms with Crippen LogP contribution in [0.15, 0.2) is 64.4 Å². The quantitative estimate of drug-likeness (QED) is 0.786. The Hall–Kier alpha value is -0.816. The topological polar surface area (TPSA) is 9.23 Å². The smallest absolute Gasteiger partial charge is 0.192 e. The van der Waals surface area contributed by atoms with Crippen LogP contribution in [0, 0.1) is 0 Å². The minimum Gasteiger partial charge on any atom is -0.463 e. The third kappa shape index (κ3) is 3.32. The molecule has 0 bridgehead atoms. The fourth-order valence-electron chi connectivity index (χ4n) is 1.65. The van der Waals surface area contributed by atoms with Crippen LogP contribution >= 0.6 is 11.8 Å². The Bertz CT molecular complexity index is 476. The van der Waals surface area contributed by atoms with Gasteiger partial charge in [-0.3, -0.25) is 0 Å². The molecule has 1 unspecified atom stereocenters. The van der Waals surface area contributed by atoms with Crippen LogP contribution in [0.25, 0.3) is 0 Å². The van der Waals surface area contributed by atoms with E-state index in [0.717, 1.165) is 10.5 Å². The summed E-state index contributed by atoms with van der Waals surface area (Å²) in [7, 11) is -0.349. The largest absolute Gasteiger partial charge is 0.463 e. The summed E-state index contributed by atoms with van der Waals surface area (Å²) in [5.74, 6) is 0. The van der Waals surface area contributed by atoms with Gasteiger partial charge in [0, 0.05) is 9.79 Å². The summed E-state index contributed by atoms with van der Waals surface area (Å²) in [6.45, 7) is 2.25. The van der Waals surface area contributed by atoms with Crippen LogP contribution in [-0.4, -0.2) is 19.5 Å². The molecule has 0 radical (unpaired) electrons. The average Bonchev–Trinajstić information content (AvgIpc) is 2.40. The van der Waals surface area contributed by atoms with Gasteiger partial charge in [-0.05, 0) is 29.9 Å². The molecule has 2 rings (SSSR count). The maximum atomic E-state index is 5.68. The van der Waals surface area contributed by atoms with E-state index in [0.29, 0.717) is 0 Å². The van der Waals surface area contributed by atoms with E-state index in [4.69, 9.17) is 4.12 Å². The van der Waals surface area contributed by atoms with Crippen molar-refractivity contribution < 1.29 is 4.12 Å². The SMILES string of the molecule is C[SiH](O[SiH3])c1ccccc1Sc1ccccc1. The standard InChI is InChI=1S/C13H16OSSi2/c1-17(14-16)13-10-6-5-9-12(13)15-11-7-3-2-4-8-11/h2-10,17H,1,16H3. The van der Waals surface area contributed by atoms with Gasteiger partial charge in [0.1, 0.15) is 10.5 Å². The van der Waals surface area contributed by atoms with Gasteiger partial charge in [0.05, 0.1) is 0 Å². The number of benzene rings is 2. The molecule has 1 atom stereocenters. The minimum atomic E-state index is -1.18. The highest BCUT2D eigenvalue weighted by Gasteiger charge is 2.11. The van der Waals surface area contributed by atoms with E-state index in [1.165, 1.54) is 15.0 Å². The van der Waals surface area contributed by atoms with E-state index in [-0.39, 0.29) is 0 Å². The Morgan fingerprint density at radius 1 is 1.00 bits per heavy atom. The lowest BCUT2D eigenvalue weighted by Gasteiger charge is -2.13. The molecule has 0 fully saturated rings. The predicted octanol–water partition coefficient (Wildman–Crippen LogP) is 1.70. The van der Waals surface area contributed by atoms with Crippen molar-refractivity contribution in [1.82, 2.24) is 0 Å². The fourth-order valence-corrected chi connectivity index (χ4v) is 5.10. The Morgan fingerprint density at radius 2 is 1.65 bits per heavy atom. The number of rotatable bonds is 4. The van der Waals surface area contributed by atoms with E-state index in [9.17, 15) is 0 Å². The second-order valence-electron chi connectivity index (χ2n) is 3.83. The third-order valence-electron chi connectivity index (χ3n) is 2.68. The zero-order chi connectivity index (χ0) is 12.1. The Morgan fingerprint density at radius 3 is 2.35 bits per heavy atom. The van der Waals surface area contributed by atoms with Crippen molar-refractivity contribution in [2.24, 2.45) is 0 Å². The van der Waals surface area contributed by atoms with Gasteiger partial charge in [-0.2, -0.15) is 0 Å². The van der Waals surface area contributed by atoms with Gasteiger partial charge in [0.25, 0.3) is 0 Å². The van der Waals surface area contributed by atoms with Crippen molar-refractivity contribution in [2.45, 2.75) is 16.3 Å². The van der Waals surface area contributed by atoms with Crippen molar-refractivity contribution in [3.8, 4) is 0 Å². The summed E-state index contributed by atoms with van der Waals surface area (Å²) in [4.78, 5) is 2.63. The fraction of sp³-hybridized carbons (Fsp3) is 0.0769. The van der Waals surface area contributed by atoms with Crippen molar-refractivity contribution in [1.29, 1.82) is 0 Å². The molecule has 0 spiro atoms. The van der Waals surface area contributed by atoms with Gasteiger partial charge in [-0.15, -0.1) is 0 Å². The van der Waals surface area contributed by atoms with Crippen molar-refractivity contribution in [2.75, 3.05) is 0 Å². The lowest BCUT2D eigenvalue weighted by molar-refractivity contribution is 0.653. The van der Waals surface area contributed by atoms with E-state index in [2.05, 4.69) is 55.1 Å². The minimum absolute atomic E-state index is 0.831. The van der Waals surface area contributed by atoms with Crippen LogP contribution < -0.4 is 5.19 Å². The van der Waals surface area contributed by atoms with Crippen LogP contribution in [0.2, 0.25) is 6.55 Å². The first-order valence-corrected chi connectivity index (χ1v) is 9.49. The second kappa shape index (κ2) is 6.21. The first kappa shape index (κ1) is 12.6.